The summed E-state index contributed by atoms with van der Waals surface area (Å²) in [6.07, 6.45) is 0. The van der Waals surface area contributed by atoms with Crippen LogP contribution in [0, 0.1) is 20.8 Å². The topological polar surface area (TPSA) is 98.1 Å². The lowest BCUT2D eigenvalue weighted by atomic mass is 10.1. The molecule has 0 aliphatic rings. The minimum Gasteiger partial charge on any atom is -0.497 e. The zero-order chi connectivity index (χ0) is 26.4. The predicted molar refractivity (Wildman–Crippen MR) is 146 cm³/mol. The van der Waals surface area contributed by atoms with Crippen LogP contribution in [0.15, 0.2) is 71.9 Å². The van der Waals surface area contributed by atoms with E-state index in [-0.39, 0.29) is 24.1 Å². The van der Waals surface area contributed by atoms with E-state index in [0.717, 1.165) is 28.1 Å². The maximum absolute atomic E-state index is 12.7. The van der Waals surface area contributed by atoms with Crippen LogP contribution in [0.1, 0.15) is 32.9 Å². The summed E-state index contributed by atoms with van der Waals surface area (Å²) in [5.41, 5.74) is 5.37. The van der Waals surface area contributed by atoms with Crippen molar-refractivity contribution >= 4 is 29.3 Å². The number of carbonyl (C=O) groups is 2. The van der Waals surface area contributed by atoms with Crippen LogP contribution in [0.25, 0.3) is 5.69 Å². The molecular weight excluding hydrogens is 486 g/mol. The number of aromatic nitrogens is 3. The second kappa shape index (κ2) is 11.7. The highest BCUT2D eigenvalue weighted by molar-refractivity contribution is 7.99. The van der Waals surface area contributed by atoms with Gasteiger partial charge in [0, 0.05) is 11.3 Å². The fourth-order valence-corrected chi connectivity index (χ4v) is 4.54. The second-order valence-corrected chi connectivity index (χ2v) is 9.51. The van der Waals surface area contributed by atoms with E-state index in [0.29, 0.717) is 22.2 Å². The average Bonchev–Trinajstić information content (AvgIpc) is 3.30. The van der Waals surface area contributed by atoms with Gasteiger partial charge in [-0.1, -0.05) is 41.6 Å². The lowest BCUT2D eigenvalue weighted by Crippen LogP contribution is -2.25. The normalized spacial score (nSPS) is 10.7. The van der Waals surface area contributed by atoms with Crippen LogP contribution >= 0.6 is 11.8 Å². The van der Waals surface area contributed by atoms with Gasteiger partial charge in [0.1, 0.15) is 5.75 Å². The van der Waals surface area contributed by atoms with Crippen LogP contribution in [0.3, 0.4) is 0 Å². The summed E-state index contributed by atoms with van der Waals surface area (Å²) in [5.74, 6) is 1.08. The molecule has 0 bridgehead atoms. The summed E-state index contributed by atoms with van der Waals surface area (Å²) in [4.78, 5) is 25.4. The van der Waals surface area contributed by atoms with Gasteiger partial charge in [-0.05, 0) is 74.4 Å². The Kier molecular flexibility index (Phi) is 8.25. The van der Waals surface area contributed by atoms with Crippen LogP contribution in [0.5, 0.6) is 5.75 Å². The monoisotopic (exact) mass is 515 g/mol. The number of amides is 2. The smallest absolute Gasteiger partial charge is 0.251 e. The van der Waals surface area contributed by atoms with Crippen molar-refractivity contribution in [1.82, 2.24) is 20.1 Å². The van der Waals surface area contributed by atoms with E-state index in [2.05, 4.69) is 20.8 Å². The van der Waals surface area contributed by atoms with E-state index >= 15 is 0 Å². The van der Waals surface area contributed by atoms with Crippen LogP contribution in [0.2, 0.25) is 0 Å². The number of nitrogens with zero attached hydrogens (tertiary/aromatic N) is 3. The van der Waals surface area contributed by atoms with Gasteiger partial charge in [0.25, 0.3) is 5.91 Å². The molecular formula is C28H29N5O3S. The maximum atomic E-state index is 12.7. The van der Waals surface area contributed by atoms with Gasteiger partial charge < -0.3 is 15.4 Å². The lowest BCUT2D eigenvalue weighted by Gasteiger charge is -2.15. The summed E-state index contributed by atoms with van der Waals surface area (Å²) in [5, 5.41) is 15.1. The van der Waals surface area contributed by atoms with Gasteiger partial charge in [0.15, 0.2) is 11.0 Å². The number of benzene rings is 3. The van der Waals surface area contributed by atoms with Crippen molar-refractivity contribution < 1.29 is 14.3 Å². The molecule has 37 heavy (non-hydrogen) atoms. The second-order valence-electron chi connectivity index (χ2n) is 8.57. The van der Waals surface area contributed by atoms with Gasteiger partial charge in [0.05, 0.1) is 25.1 Å². The highest BCUT2D eigenvalue weighted by Gasteiger charge is 2.19. The van der Waals surface area contributed by atoms with Gasteiger partial charge in [-0.2, -0.15) is 0 Å². The Labute approximate surface area is 220 Å². The summed E-state index contributed by atoms with van der Waals surface area (Å²) < 4.78 is 7.07. The lowest BCUT2D eigenvalue weighted by molar-refractivity contribution is -0.113. The summed E-state index contributed by atoms with van der Waals surface area (Å²) in [6, 6.07) is 20.6. The zero-order valence-electron chi connectivity index (χ0n) is 21.2. The molecule has 0 saturated heterocycles. The van der Waals surface area contributed by atoms with E-state index in [4.69, 9.17) is 4.74 Å². The molecule has 4 aromatic rings. The fraction of sp³-hybridized carbons (Fsp3) is 0.214. The Morgan fingerprint density at radius 1 is 0.973 bits per heavy atom. The highest BCUT2D eigenvalue weighted by Crippen LogP contribution is 2.26. The van der Waals surface area contributed by atoms with Crippen LogP contribution in [0.4, 0.5) is 5.69 Å². The zero-order valence-corrected chi connectivity index (χ0v) is 22.1. The Morgan fingerprint density at radius 2 is 1.73 bits per heavy atom. The molecule has 1 heterocycles. The Hall–Kier alpha value is -4.11. The fourth-order valence-electron chi connectivity index (χ4n) is 3.78. The third-order valence-electron chi connectivity index (χ3n) is 5.91. The average molecular weight is 516 g/mol. The van der Waals surface area contributed by atoms with Crippen molar-refractivity contribution in [1.29, 1.82) is 0 Å². The standard InChI is InChI=1S/C28H29N5O3S/c1-18-7-5-9-21(15-18)27(35)29-16-25-31-32-28(33(25)24-10-6-8-19(2)20(24)3)37-17-26(34)30-22-11-13-23(36-4)14-12-22/h5-15H,16-17H2,1-4H3,(H,29,35)(H,30,34). The van der Waals surface area contributed by atoms with Crippen molar-refractivity contribution in [2.24, 2.45) is 0 Å². The molecule has 0 saturated carbocycles. The summed E-state index contributed by atoms with van der Waals surface area (Å²) in [6.45, 7) is 6.20. The number of nitrogens with one attached hydrogen (secondary N) is 2. The number of thioether (sulfide) groups is 1. The molecule has 2 N–H and O–H groups in total. The predicted octanol–water partition coefficient (Wildman–Crippen LogP) is 4.86. The van der Waals surface area contributed by atoms with Crippen molar-refractivity contribution in [2.45, 2.75) is 32.5 Å². The molecule has 0 aliphatic heterocycles. The van der Waals surface area contributed by atoms with Crippen molar-refractivity contribution in [3.05, 3.63) is 94.8 Å². The number of methoxy groups -OCH3 is 1. The van der Waals surface area contributed by atoms with Crippen LogP contribution in [-0.4, -0.2) is 39.4 Å². The quantitative estimate of drug-likeness (QED) is 0.309. The molecule has 4 rings (SSSR count). The molecule has 3 aromatic carbocycles. The van der Waals surface area contributed by atoms with Gasteiger partial charge >= 0.3 is 0 Å². The van der Waals surface area contributed by atoms with Gasteiger partial charge in [-0.25, -0.2) is 0 Å². The third kappa shape index (κ3) is 6.37. The first kappa shape index (κ1) is 26.0. The number of anilines is 1. The number of hydrogen-bond acceptors (Lipinski definition) is 6. The van der Waals surface area contributed by atoms with Gasteiger partial charge in [0.2, 0.25) is 5.91 Å². The van der Waals surface area contributed by atoms with Gasteiger partial charge in [-0.15, -0.1) is 10.2 Å². The number of hydrogen-bond donors (Lipinski definition) is 2. The van der Waals surface area contributed by atoms with E-state index < -0.39 is 0 Å². The number of carbonyl (C=O) groups excluding carboxylic acids is 2. The van der Waals surface area contributed by atoms with Crippen molar-refractivity contribution in [3.63, 3.8) is 0 Å². The van der Waals surface area contributed by atoms with E-state index in [1.54, 1.807) is 37.4 Å². The number of ether oxygens (including phenoxy) is 1. The Morgan fingerprint density at radius 3 is 2.46 bits per heavy atom. The van der Waals surface area contributed by atoms with E-state index in [1.165, 1.54) is 11.8 Å². The molecule has 0 fully saturated rings. The molecule has 0 atom stereocenters. The number of aryl methyl sites for hydroxylation is 2. The molecule has 8 nitrogen and oxygen atoms in total. The molecule has 0 radical (unpaired) electrons. The molecule has 2 amide bonds. The molecule has 9 heteroatoms. The van der Waals surface area contributed by atoms with E-state index in [9.17, 15) is 9.59 Å². The largest absolute Gasteiger partial charge is 0.497 e. The molecule has 0 spiro atoms. The molecule has 0 unspecified atom stereocenters. The third-order valence-corrected chi connectivity index (χ3v) is 6.84. The minimum absolute atomic E-state index is 0.144. The Balaban J connectivity index is 1.53. The van der Waals surface area contributed by atoms with Crippen LogP contribution in [-0.2, 0) is 11.3 Å². The molecule has 1 aromatic heterocycles. The van der Waals surface area contributed by atoms with Gasteiger partial charge in [-0.3, -0.25) is 14.2 Å². The SMILES string of the molecule is COc1ccc(NC(=O)CSc2nnc(CNC(=O)c3cccc(C)c3)n2-c2cccc(C)c2C)cc1. The van der Waals surface area contributed by atoms with Crippen molar-refractivity contribution in [3.8, 4) is 11.4 Å². The van der Waals surface area contributed by atoms with Crippen LogP contribution < -0.4 is 15.4 Å². The minimum atomic E-state index is -0.188. The van der Waals surface area contributed by atoms with E-state index in [1.807, 2.05) is 61.7 Å². The Bertz CT molecular complexity index is 1420. The highest BCUT2D eigenvalue weighted by atomic mass is 32.2. The first-order valence-corrected chi connectivity index (χ1v) is 12.8. The summed E-state index contributed by atoms with van der Waals surface area (Å²) in [7, 11) is 1.60. The molecule has 0 aliphatic carbocycles. The summed E-state index contributed by atoms with van der Waals surface area (Å²) >= 11 is 1.28. The first-order valence-electron chi connectivity index (χ1n) is 11.8. The molecule has 190 valence electrons. The first-order chi connectivity index (χ1) is 17.9. The maximum Gasteiger partial charge on any atom is 0.251 e. The van der Waals surface area contributed by atoms with Crippen molar-refractivity contribution in [2.75, 3.05) is 18.2 Å². The number of rotatable bonds is 9.